The van der Waals surface area contributed by atoms with E-state index in [2.05, 4.69) is 21.3 Å². The Balaban J connectivity index is 5.24. The molecule has 4 amide bonds. The van der Waals surface area contributed by atoms with E-state index in [-0.39, 0.29) is 58.1 Å². The normalized spacial score (nSPS) is 10.7. The van der Waals surface area contributed by atoms with Gasteiger partial charge in [0.25, 0.3) is 0 Å². The fourth-order valence-electron chi connectivity index (χ4n) is 1.86. The van der Waals surface area contributed by atoms with Crippen LogP contribution in [-0.2, 0) is 19.2 Å². The van der Waals surface area contributed by atoms with E-state index in [0.29, 0.717) is 0 Å². The Morgan fingerprint density at radius 2 is 0.920 bits per heavy atom. The molecule has 0 aliphatic carbocycles. The highest BCUT2D eigenvalue weighted by Crippen LogP contribution is 2.13. The van der Waals surface area contributed by atoms with E-state index in [1.165, 1.54) is 0 Å². The Kier molecular flexibility index (Phi) is 11.1. The molecular weight excluding hydrogens is 330 g/mol. The van der Waals surface area contributed by atoms with Crippen LogP contribution in [0.3, 0.4) is 0 Å². The van der Waals surface area contributed by atoms with Crippen LogP contribution in [0.4, 0.5) is 0 Å². The average molecular weight is 359 g/mol. The zero-order valence-electron chi connectivity index (χ0n) is 14.5. The zero-order valence-corrected chi connectivity index (χ0v) is 14.5. The van der Waals surface area contributed by atoms with E-state index in [4.69, 9.17) is 17.2 Å². The van der Waals surface area contributed by atoms with Crippen molar-refractivity contribution >= 4 is 23.6 Å². The molecule has 0 fully saturated rings. The van der Waals surface area contributed by atoms with Crippen molar-refractivity contribution in [3.63, 3.8) is 0 Å². The van der Waals surface area contributed by atoms with Crippen LogP contribution in [0.15, 0.2) is 0 Å². The molecule has 0 bridgehead atoms. The lowest BCUT2D eigenvalue weighted by molar-refractivity contribution is -0.121. The van der Waals surface area contributed by atoms with Crippen LogP contribution in [0.25, 0.3) is 0 Å². The minimum Gasteiger partial charge on any atom is -0.355 e. The predicted octanol–water partition coefficient (Wildman–Crippen LogP) is -4.28. The van der Waals surface area contributed by atoms with Gasteiger partial charge in [-0.15, -0.1) is 0 Å². The summed E-state index contributed by atoms with van der Waals surface area (Å²) < 4.78 is 0. The van der Waals surface area contributed by atoms with Gasteiger partial charge in [0.2, 0.25) is 23.6 Å². The summed E-state index contributed by atoms with van der Waals surface area (Å²) in [6.07, 6.45) is 0.273. The molecule has 0 aromatic carbocycles. The van der Waals surface area contributed by atoms with Crippen LogP contribution >= 0.6 is 0 Å². The summed E-state index contributed by atoms with van der Waals surface area (Å²) in [6.45, 7) is 1.40. The quantitative estimate of drug-likeness (QED) is 0.183. The highest BCUT2D eigenvalue weighted by atomic mass is 16.2. The highest BCUT2D eigenvalue weighted by Gasteiger charge is 2.32. The number of hydrogen-bond donors (Lipinski definition) is 7. The number of rotatable bonds is 12. The van der Waals surface area contributed by atoms with Gasteiger partial charge in [0.15, 0.2) is 0 Å². The molecule has 0 atom stereocenters. The summed E-state index contributed by atoms with van der Waals surface area (Å²) in [5.41, 5.74) is 15.0. The third-order valence-electron chi connectivity index (χ3n) is 3.52. The van der Waals surface area contributed by atoms with Crippen molar-refractivity contribution in [2.45, 2.75) is 13.3 Å². The van der Waals surface area contributed by atoms with Gasteiger partial charge in [0, 0.05) is 38.0 Å². The van der Waals surface area contributed by atoms with Crippen LogP contribution < -0.4 is 38.5 Å². The molecule has 0 radical (unpaired) electrons. The van der Waals surface area contributed by atoms with Crippen LogP contribution in [0.5, 0.6) is 0 Å². The number of amides is 4. The van der Waals surface area contributed by atoms with Crippen LogP contribution in [0.2, 0.25) is 0 Å². The first-order chi connectivity index (χ1) is 11.8. The van der Waals surface area contributed by atoms with Gasteiger partial charge < -0.3 is 38.5 Å². The summed E-state index contributed by atoms with van der Waals surface area (Å²) in [5.74, 6) is -1.41. The summed E-state index contributed by atoms with van der Waals surface area (Å²) in [4.78, 5) is 46.1. The second kappa shape index (κ2) is 12.2. The Labute approximate surface area is 146 Å². The first-order valence-corrected chi connectivity index (χ1v) is 7.99. The monoisotopic (exact) mass is 359 g/mol. The van der Waals surface area contributed by atoms with Crippen LogP contribution in [0.1, 0.15) is 13.3 Å². The van der Waals surface area contributed by atoms with Gasteiger partial charge in [-0.1, -0.05) is 6.92 Å². The Bertz CT molecular complexity index is 385. The van der Waals surface area contributed by atoms with E-state index in [9.17, 15) is 19.2 Å². The molecule has 25 heavy (non-hydrogen) atoms. The van der Waals surface area contributed by atoms with Gasteiger partial charge in [-0.2, -0.15) is 0 Å². The van der Waals surface area contributed by atoms with Crippen molar-refractivity contribution in [2.24, 2.45) is 22.6 Å². The Morgan fingerprint density at radius 1 is 0.640 bits per heavy atom. The average Bonchev–Trinajstić information content (AvgIpc) is 2.65. The second-order valence-corrected chi connectivity index (χ2v) is 5.57. The molecule has 0 saturated carbocycles. The number of nitrogens with two attached hydrogens (primary N) is 3. The first-order valence-electron chi connectivity index (χ1n) is 7.99. The van der Waals surface area contributed by atoms with Gasteiger partial charge in [0.05, 0.1) is 19.6 Å². The van der Waals surface area contributed by atoms with Gasteiger partial charge in [-0.25, -0.2) is 0 Å². The van der Waals surface area contributed by atoms with E-state index in [1.54, 1.807) is 6.92 Å². The van der Waals surface area contributed by atoms with Crippen LogP contribution in [-0.4, -0.2) is 69.4 Å². The molecule has 0 aromatic rings. The van der Waals surface area contributed by atoms with Crippen molar-refractivity contribution in [1.82, 2.24) is 21.3 Å². The van der Waals surface area contributed by atoms with Gasteiger partial charge in [-0.3, -0.25) is 19.2 Å². The molecule has 0 saturated heterocycles. The molecule has 11 heteroatoms. The van der Waals surface area contributed by atoms with Gasteiger partial charge >= 0.3 is 0 Å². The summed E-state index contributed by atoms with van der Waals surface area (Å²) >= 11 is 0. The zero-order chi connectivity index (χ0) is 19.3. The molecule has 10 N–H and O–H groups in total. The Morgan fingerprint density at radius 3 is 1.16 bits per heavy atom. The molecule has 144 valence electrons. The largest absolute Gasteiger partial charge is 0.355 e. The molecule has 0 aliphatic rings. The number of carbonyl (C=O) groups excluding carboxylic acids is 4. The molecule has 0 heterocycles. The Hall–Kier alpha value is -2.24. The third kappa shape index (κ3) is 9.59. The molecule has 0 aliphatic heterocycles. The number of hydrogen-bond acceptors (Lipinski definition) is 7. The minimum absolute atomic E-state index is 0.0722. The SMILES string of the molecule is CCC(=O)NCC(CNC(=O)CN)(CNC(=O)CN)CNC(=O)CN. The van der Waals surface area contributed by atoms with Crippen molar-refractivity contribution in [1.29, 1.82) is 0 Å². The number of carbonyl (C=O) groups is 4. The fourth-order valence-corrected chi connectivity index (χ4v) is 1.86. The lowest BCUT2D eigenvalue weighted by Crippen LogP contribution is -2.57. The van der Waals surface area contributed by atoms with Gasteiger partial charge in [0.1, 0.15) is 0 Å². The molecule has 0 aromatic heterocycles. The van der Waals surface area contributed by atoms with Crippen molar-refractivity contribution < 1.29 is 19.2 Å². The summed E-state index contributed by atoms with van der Waals surface area (Å²) in [7, 11) is 0. The predicted molar refractivity (Wildman–Crippen MR) is 91.9 cm³/mol. The molecule has 0 spiro atoms. The van der Waals surface area contributed by atoms with Crippen molar-refractivity contribution in [3.05, 3.63) is 0 Å². The minimum atomic E-state index is -0.870. The maximum absolute atomic E-state index is 11.6. The van der Waals surface area contributed by atoms with E-state index in [1.807, 2.05) is 0 Å². The number of nitrogens with one attached hydrogen (secondary N) is 4. The highest BCUT2D eigenvalue weighted by molar-refractivity contribution is 5.79. The first kappa shape index (κ1) is 22.8. The van der Waals surface area contributed by atoms with Gasteiger partial charge in [-0.05, 0) is 0 Å². The molecular formula is C14H29N7O4. The second-order valence-electron chi connectivity index (χ2n) is 5.57. The van der Waals surface area contributed by atoms with Crippen molar-refractivity contribution in [2.75, 3.05) is 45.8 Å². The maximum atomic E-state index is 11.6. The summed E-state index contributed by atoms with van der Waals surface area (Å²) in [5, 5.41) is 10.6. The molecule has 11 nitrogen and oxygen atoms in total. The van der Waals surface area contributed by atoms with E-state index >= 15 is 0 Å². The van der Waals surface area contributed by atoms with E-state index in [0.717, 1.165) is 0 Å². The smallest absolute Gasteiger partial charge is 0.233 e. The standard InChI is InChI=1S/C14H29N7O4/c1-2-10(22)18-6-14(7-19-11(23)3-15,8-20-12(24)4-16)9-21-13(25)5-17/h2-9,15-17H2,1H3,(H,18,22)(H,19,23)(H,20,24)(H,21,25). The summed E-state index contributed by atoms with van der Waals surface area (Å²) in [6, 6.07) is 0. The van der Waals surface area contributed by atoms with Crippen LogP contribution in [0, 0.1) is 5.41 Å². The topological polar surface area (TPSA) is 194 Å². The third-order valence-corrected chi connectivity index (χ3v) is 3.52. The molecule has 0 unspecified atom stereocenters. The maximum Gasteiger partial charge on any atom is 0.233 e. The lowest BCUT2D eigenvalue weighted by atomic mass is 9.86. The lowest BCUT2D eigenvalue weighted by Gasteiger charge is -2.34. The van der Waals surface area contributed by atoms with Crippen molar-refractivity contribution in [3.8, 4) is 0 Å². The van der Waals surface area contributed by atoms with E-state index < -0.39 is 23.1 Å². The fraction of sp³-hybridized carbons (Fsp3) is 0.714. The molecule has 0 rings (SSSR count).